The fourth-order valence-corrected chi connectivity index (χ4v) is 1.05. The van der Waals surface area contributed by atoms with E-state index < -0.39 is 12.0 Å². The van der Waals surface area contributed by atoms with Crippen molar-refractivity contribution >= 4 is 52.1 Å². The van der Waals surface area contributed by atoms with Gasteiger partial charge in [0.25, 0.3) is 0 Å². The van der Waals surface area contributed by atoms with Gasteiger partial charge in [-0.2, -0.15) is 10.2 Å². The number of carbonyl (C=O) groups is 1. The molecule has 0 aliphatic heterocycles. The molecule has 5 N–H and O–H groups in total. The number of nitrogens with one attached hydrogen (secondary N) is 4. The lowest BCUT2D eigenvalue weighted by Gasteiger charge is -2.11. The van der Waals surface area contributed by atoms with Crippen molar-refractivity contribution in [2.75, 3.05) is 7.05 Å². The molecule has 0 heterocycles. The number of hydrogen-bond donors (Lipinski definition) is 5. The SMILES string of the molecule is CNC(=S)N/N=C(C)/C(C)=N/NC(=S)NC(C)C(=O)O. The highest BCUT2D eigenvalue weighted by molar-refractivity contribution is 7.80. The smallest absolute Gasteiger partial charge is 0.325 e. The van der Waals surface area contributed by atoms with Gasteiger partial charge in [0.1, 0.15) is 6.04 Å². The molecule has 0 spiro atoms. The van der Waals surface area contributed by atoms with Gasteiger partial charge in [-0.25, -0.2) is 0 Å². The number of carboxylic acids is 1. The fourth-order valence-electron chi connectivity index (χ4n) is 0.778. The van der Waals surface area contributed by atoms with E-state index in [9.17, 15) is 4.79 Å². The zero-order chi connectivity index (χ0) is 15.7. The van der Waals surface area contributed by atoms with Gasteiger partial charge >= 0.3 is 5.97 Å². The Balaban J connectivity index is 4.40. The summed E-state index contributed by atoms with van der Waals surface area (Å²) in [5, 5.41) is 22.5. The number of carboxylic acid groups (broad SMARTS) is 1. The fraction of sp³-hybridized carbons (Fsp3) is 0.500. The second kappa shape index (κ2) is 9.15. The van der Waals surface area contributed by atoms with Gasteiger partial charge in [-0.1, -0.05) is 0 Å². The summed E-state index contributed by atoms with van der Waals surface area (Å²) < 4.78 is 0. The molecular formula is C10H18N6O2S2. The topological polar surface area (TPSA) is 110 Å². The monoisotopic (exact) mass is 318 g/mol. The Morgan fingerprint density at radius 3 is 1.95 bits per heavy atom. The molecule has 20 heavy (non-hydrogen) atoms. The predicted octanol–water partition coefficient (Wildman–Crippen LogP) is -0.231. The van der Waals surface area contributed by atoms with E-state index in [1.807, 2.05) is 0 Å². The second-order valence-electron chi connectivity index (χ2n) is 3.73. The van der Waals surface area contributed by atoms with Crippen LogP contribution in [-0.4, -0.2) is 45.8 Å². The summed E-state index contributed by atoms with van der Waals surface area (Å²) in [6, 6.07) is -0.796. The van der Waals surface area contributed by atoms with Crippen LogP contribution in [0.2, 0.25) is 0 Å². The second-order valence-corrected chi connectivity index (χ2v) is 4.55. The molecule has 0 saturated carbocycles. The van der Waals surface area contributed by atoms with Gasteiger partial charge in [0, 0.05) is 7.05 Å². The summed E-state index contributed by atoms with van der Waals surface area (Å²) in [6.45, 7) is 4.93. The maximum Gasteiger partial charge on any atom is 0.325 e. The highest BCUT2D eigenvalue weighted by atomic mass is 32.1. The van der Waals surface area contributed by atoms with Crippen LogP contribution in [0.15, 0.2) is 10.2 Å². The van der Waals surface area contributed by atoms with Gasteiger partial charge < -0.3 is 15.7 Å². The Morgan fingerprint density at radius 1 is 1.10 bits per heavy atom. The van der Waals surface area contributed by atoms with E-state index in [0.717, 1.165) is 0 Å². The molecule has 1 unspecified atom stereocenters. The van der Waals surface area contributed by atoms with Crippen molar-refractivity contribution in [2.24, 2.45) is 10.2 Å². The van der Waals surface area contributed by atoms with Crippen molar-refractivity contribution in [1.29, 1.82) is 0 Å². The first-order valence-electron chi connectivity index (χ1n) is 5.64. The maximum atomic E-state index is 10.6. The molecule has 0 amide bonds. The summed E-state index contributed by atoms with van der Waals surface area (Å²) in [5.41, 5.74) is 6.33. The number of thiocarbonyl (C=S) groups is 2. The molecule has 8 nitrogen and oxygen atoms in total. The summed E-state index contributed by atoms with van der Waals surface area (Å²) in [5.74, 6) is -1.00. The molecule has 112 valence electrons. The number of hydrogen-bond acceptors (Lipinski definition) is 5. The van der Waals surface area contributed by atoms with Crippen molar-refractivity contribution in [3.05, 3.63) is 0 Å². The molecule has 1 atom stereocenters. The summed E-state index contributed by atoms with van der Waals surface area (Å²) in [4.78, 5) is 10.6. The zero-order valence-electron chi connectivity index (χ0n) is 11.6. The van der Waals surface area contributed by atoms with Crippen LogP contribution >= 0.6 is 24.4 Å². The van der Waals surface area contributed by atoms with Gasteiger partial charge in [0.05, 0.1) is 11.4 Å². The van der Waals surface area contributed by atoms with Crippen LogP contribution in [0, 0.1) is 0 Å². The average Bonchev–Trinajstić information content (AvgIpc) is 2.41. The normalized spacial score (nSPS) is 13.2. The number of rotatable bonds is 5. The largest absolute Gasteiger partial charge is 0.480 e. The lowest BCUT2D eigenvalue weighted by molar-refractivity contribution is -0.138. The van der Waals surface area contributed by atoms with Crippen LogP contribution in [0.4, 0.5) is 0 Å². The molecule has 0 aromatic rings. The molecule has 0 rings (SSSR count). The van der Waals surface area contributed by atoms with Gasteiger partial charge in [0.2, 0.25) is 0 Å². The van der Waals surface area contributed by atoms with Crippen molar-refractivity contribution in [3.8, 4) is 0 Å². The quantitative estimate of drug-likeness (QED) is 0.269. The molecule has 0 saturated heterocycles. The van der Waals surface area contributed by atoms with Crippen LogP contribution in [0.25, 0.3) is 0 Å². The molecule has 0 bridgehead atoms. The van der Waals surface area contributed by atoms with Gasteiger partial charge in [-0.15, -0.1) is 0 Å². The number of hydrazone groups is 2. The molecule has 0 aromatic heterocycles. The lowest BCUT2D eigenvalue weighted by atomic mass is 10.3. The highest BCUT2D eigenvalue weighted by Gasteiger charge is 2.11. The Hall–Kier alpha value is -1.81. The van der Waals surface area contributed by atoms with E-state index in [-0.39, 0.29) is 5.11 Å². The van der Waals surface area contributed by atoms with Crippen molar-refractivity contribution in [3.63, 3.8) is 0 Å². The first-order chi connectivity index (χ1) is 9.27. The molecule has 0 aliphatic carbocycles. The first kappa shape index (κ1) is 18.2. The van der Waals surface area contributed by atoms with E-state index in [1.165, 1.54) is 6.92 Å². The minimum atomic E-state index is -1.00. The van der Waals surface area contributed by atoms with E-state index >= 15 is 0 Å². The third-order valence-electron chi connectivity index (χ3n) is 2.12. The minimum Gasteiger partial charge on any atom is -0.480 e. The predicted molar refractivity (Wildman–Crippen MR) is 87.0 cm³/mol. The molecule has 0 fully saturated rings. The molecule has 0 radical (unpaired) electrons. The molecule has 0 aliphatic rings. The summed E-state index contributed by atoms with van der Waals surface area (Å²) in [7, 11) is 1.68. The van der Waals surface area contributed by atoms with Crippen molar-refractivity contribution in [2.45, 2.75) is 26.8 Å². The molecule has 0 aromatic carbocycles. The van der Waals surface area contributed by atoms with Crippen LogP contribution in [0.5, 0.6) is 0 Å². The minimum absolute atomic E-state index is 0.116. The summed E-state index contributed by atoms with van der Waals surface area (Å²) >= 11 is 9.77. The van der Waals surface area contributed by atoms with Gasteiger partial charge in [0.15, 0.2) is 10.2 Å². The Morgan fingerprint density at radius 2 is 1.55 bits per heavy atom. The highest BCUT2D eigenvalue weighted by Crippen LogP contribution is 1.84. The molecular weight excluding hydrogens is 300 g/mol. The summed E-state index contributed by atoms with van der Waals surface area (Å²) in [6.07, 6.45) is 0. The Bertz CT molecular complexity index is 449. The average molecular weight is 318 g/mol. The van der Waals surface area contributed by atoms with Crippen LogP contribution < -0.4 is 21.5 Å². The van der Waals surface area contributed by atoms with Gasteiger partial charge in [-0.3, -0.25) is 15.6 Å². The Labute approximate surface area is 128 Å². The van der Waals surface area contributed by atoms with Gasteiger partial charge in [-0.05, 0) is 45.2 Å². The zero-order valence-corrected chi connectivity index (χ0v) is 13.3. The third kappa shape index (κ3) is 7.59. The van der Waals surface area contributed by atoms with Crippen molar-refractivity contribution in [1.82, 2.24) is 21.5 Å². The first-order valence-corrected chi connectivity index (χ1v) is 6.45. The molecule has 10 heteroatoms. The van der Waals surface area contributed by atoms with Crippen LogP contribution in [-0.2, 0) is 4.79 Å². The van der Waals surface area contributed by atoms with Crippen LogP contribution in [0.1, 0.15) is 20.8 Å². The van der Waals surface area contributed by atoms with E-state index in [4.69, 9.17) is 29.5 Å². The van der Waals surface area contributed by atoms with Crippen LogP contribution in [0.3, 0.4) is 0 Å². The van der Waals surface area contributed by atoms with E-state index in [0.29, 0.717) is 16.5 Å². The maximum absolute atomic E-state index is 10.6. The Kier molecular flexibility index (Phi) is 8.32. The number of nitrogens with zero attached hydrogens (tertiary/aromatic N) is 2. The third-order valence-corrected chi connectivity index (χ3v) is 2.62. The standard InChI is InChI=1S/C10H18N6O2S2/c1-5(13-15-9(19)11-4)6(2)14-16-10(20)12-7(3)8(17)18/h7H,1-4H3,(H,17,18)(H2,11,15,19)(H2,12,16,20)/b13-5+,14-6+. The van der Waals surface area contributed by atoms with Crippen molar-refractivity contribution < 1.29 is 9.90 Å². The lowest BCUT2D eigenvalue weighted by Crippen LogP contribution is -2.42. The van der Waals surface area contributed by atoms with E-state index in [2.05, 4.69) is 31.7 Å². The van der Waals surface area contributed by atoms with E-state index in [1.54, 1.807) is 20.9 Å². The number of aliphatic carboxylic acids is 1.